The first kappa shape index (κ1) is 14.1. The van der Waals surface area contributed by atoms with Crippen molar-refractivity contribution in [2.45, 2.75) is 26.7 Å². The van der Waals surface area contributed by atoms with Crippen LogP contribution in [-0.2, 0) is 4.79 Å². The number of carbonyl (C=O) groups is 1. The van der Waals surface area contributed by atoms with Gasteiger partial charge in [0, 0.05) is 11.6 Å². The molecule has 2 N–H and O–H groups in total. The third-order valence-corrected chi connectivity index (χ3v) is 3.22. The Bertz CT molecular complexity index is 394. The number of hydrogen-bond acceptors (Lipinski definition) is 2. The van der Waals surface area contributed by atoms with Crippen molar-refractivity contribution in [3.05, 3.63) is 22.2 Å². The number of rotatable bonds is 4. The van der Waals surface area contributed by atoms with Crippen LogP contribution >= 0.6 is 23.2 Å². The van der Waals surface area contributed by atoms with Gasteiger partial charge >= 0.3 is 0 Å². The number of aromatic hydroxyl groups is 1. The van der Waals surface area contributed by atoms with Gasteiger partial charge in [-0.3, -0.25) is 4.79 Å². The monoisotopic (exact) mass is 275 g/mol. The van der Waals surface area contributed by atoms with Gasteiger partial charge in [0.15, 0.2) is 5.75 Å². The Morgan fingerprint density at radius 2 is 1.76 bits per heavy atom. The molecular weight excluding hydrogens is 261 g/mol. The van der Waals surface area contributed by atoms with Gasteiger partial charge in [-0.1, -0.05) is 37.0 Å². The van der Waals surface area contributed by atoms with Crippen LogP contribution in [0.2, 0.25) is 10.0 Å². The molecule has 0 bridgehead atoms. The normalized spacial score (nSPS) is 10.6. The van der Waals surface area contributed by atoms with Crippen molar-refractivity contribution in [2.75, 3.05) is 5.32 Å². The Hall–Kier alpha value is -0.930. The smallest absolute Gasteiger partial charge is 0.227 e. The fraction of sp³-hybridized carbons (Fsp3) is 0.417. The largest absolute Gasteiger partial charge is 0.505 e. The lowest BCUT2D eigenvalue weighted by Crippen LogP contribution is -2.21. The van der Waals surface area contributed by atoms with Crippen LogP contribution in [0.25, 0.3) is 0 Å². The van der Waals surface area contributed by atoms with Gasteiger partial charge in [0.25, 0.3) is 0 Å². The number of halogens is 2. The van der Waals surface area contributed by atoms with E-state index in [0.29, 0.717) is 5.69 Å². The minimum atomic E-state index is -0.172. The van der Waals surface area contributed by atoms with Gasteiger partial charge < -0.3 is 10.4 Å². The van der Waals surface area contributed by atoms with Gasteiger partial charge in [0.05, 0.1) is 10.0 Å². The number of carbonyl (C=O) groups excluding carboxylic acids is 1. The molecule has 1 aromatic carbocycles. The quantitative estimate of drug-likeness (QED) is 0.814. The molecule has 0 heterocycles. The first-order valence-corrected chi connectivity index (χ1v) is 6.24. The van der Waals surface area contributed by atoms with E-state index >= 15 is 0 Å². The Morgan fingerprint density at radius 1 is 1.29 bits per heavy atom. The van der Waals surface area contributed by atoms with E-state index in [9.17, 15) is 9.90 Å². The highest BCUT2D eigenvalue weighted by molar-refractivity contribution is 6.37. The molecule has 0 aliphatic heterocycles. The lowest BCUT2D eigenvalue weighted by Gasteiger charge is -2.13. The van der Waals surface area contributed by atoms with Crippen LogP contribution in [0.4, 0.5) is 5.69 Å². The average molecular weight is 276 g/mol. The fourth-order valence-corrected chi connectivity index (χ4v) is 2.03. The van der Waals surface area contributed by atoms with E-state index in [4.69, 9.17) is 23.2 Å². The summed E-state index contributed by atoms with van der Waals surface area (Å²) in [7, 11) is 0. The first-order valence-electron chi connectivity index (χ1n) is 5.48. The van der Waals surface area contributed by atoms with Crippen LogP contribution in [0.1, 0.15) is 26.7 Å². The third-order valence-electron chi connectivity index (χ3n) is 2.64. The van der Waals surface area contributed by atoms with Crippen molar-refractivity contribution in [3.63, 3.8) is 0 Å². The van der Waals surface area contributed by atoms with Gasteiger partial charge in [-0.15, -0.1) is 0 Å². The minimum absolute atomic E-state index is 0.0265. The van der Waals surface area contributed by atoms with E-state index in [1.165, 1.54) is 12.1 Å². The summed E-state index contributed by atoms with van der Waals surface area (Å²) < 4.78 is 0. The predicted molar refractivity (Wildman–Crippen MR) is 70.8 cm³/mol. The lowest BCUT2D eigenvalue weighted by molar-refractivity contribution is -0.120. The van der Waals surface area contributed by atoms with Crippen LogP contribution in [0.5, 0.6) is 5.75 Å². The topological polar surface area (TPSA) is 49.3 Å². The molecule has 0 atom stereocenters. The Morgan fingerprint density at radius 3 is 2.18 bits per heavy atom. The second-order valence-corrected chi connectivity index (χ2v) is 4.61. The Balaban J connectivity index is 2.85. The van der Waals surface area contributed by atoms with Crippen molar-refractivity contribution in [1.29, 1.82) is 0 Å². The highest BCUT2D eigenvalue weighted by Gasteiger charge is 2.15. The molecule has 3 nitrogen and oxygen atoms in total. The molecule has 94 valence electrons. The molecule has 0 aromatic heterocycles. The second kappa shape index (κ2) is 6.12. The zero-order valence-corrected chi connectivity index (χ0v) is 11.3. The van der Waals surface area contributed by atoms with Crippen molar-refractivity contribution in [3.8, 4) is 5.75 Å². The van der Waals surface area contributed by atoms with Crippen LogP contribution in [-0.4, -0.2) is 11.0 Å². The highest BCUT2D eigenvalue weighted by atomic mass is 35.5. The van der Waals surface area contributed by atoms with Crippen LogP contribution in [0.15, 0.2) is 12.1 Å². The van der Waals surface area contributed by atoms with E-state index in [1.807, 2.05) is 13.8 Å². The number of hydrogen-bond donors (Lipinski definition) is 2. The summed E-state index contributed by atoms with van der Waals surface area (Å²) >= 11 is 11.5. The number of amides is 1. The maximum atomic E-state index is 11.8. The van der Waals surface area contributed by atoms with E-state index in [-0.39, 0.29) is 27.6 Å². The molecule has 5 heteroatoms. The van der Waals surface area contributed by atoms with Gasteiger partial charge in [-0.2, -0.15) is 0 Å². The van der Waals surface area contributed by atoms with E-state index in [2.05, 4.69) is 5.32 Å². The van der Waals surface area contributed by atoms with Crippen LogP contribution < -0.4 is 5.32 Å². The van der Waals surface area contributed by atoms with Crippen molar-refractivity contribution in [1.82, 2.24) is 0 Å². The molecule has 17 heavy (non-hydrogen) atoms. The SMILES string of the molecule is CCC(CC)C(=O)Nc1cc(Cl)c(O)c(Cl)c1. The molecule has 0 radical (unpaired) electrons. The molecule has 1 amide bonds. The maximum absolute atomic E-state index is 11.8. The molecular formula is C12H15Cl2NO2. The third kappa shape index (κ3) is 3.51. The zero-order chi connectivity index (χ0) is 13.0. The maximum Gasteiger partial charge on any atom is 0.227 e. The molecule has 0 saturated heterocycles. The zero-order valence-electron chi connectivity index (χ0n) is 9.76. The Kier molecular flexibility index (Phi) is 5.09. The summed E-state index contributed by atoms with van der Waals surface area (Å²) in [5, 5.41) is 12.4. The molecule has 0 fully saturated rings. The predicted octanol–water partition coefficient (Wildman–Crippen LogP) is 4.07. The Labute approximate surface area is 111 Å². The van der Waals surface area contributed by atoms with E-state index in [1.54, 1.807) is 0 Å². The van der Waals surface area contributed by atoms with Crippen molar-refractivity contribution in [2.24, 2.45) is 5.92 Å². The van der Waals surface area contributed by atoms with E-state index in [0.717, 1.165) is 12.8 Å². The summed E-state index contributed by atoms with van der Waals surface area (Å²) in [6.07, 6.45) is 1.56. The molecule has 0 aliphatic carbocycles. The van der Waals surface area contributed by atoms with Gasteiger partial charge in [0.1, 0.15) is 0 Å². The summed E-state index contributed by atoms with van der Waals surface area (Å²) in [6.45, 7) is 3.93. The van der Waals surface area contributed by atoms with Crippen molar-refractivity contribution >= 4 is 34.8 Å². The highest BCUT2D eigenvalue weighted by Crippen LogP contribution is 2.34. The number of anilines is 1. The summed E-state index contributed by atoms with van der Waals surface area (Å²) in [4.78, 5) is 11.8. The summed E-state index contributed by atoms with van der Waals surface area (Å²) in [6, 6.07) is 2.95. The minimum Gasteiger partial charge on any atom is -0.505 e. The fourth-order valence-electron chi connectivity index (χ4n) is 1.54. The first-order chi connectivity index (χ1) is 7.99. The summed E-state index contributed by atoms with van der Waals surface area (Å²) in [5.41, 5.74) is 0.495. The average Bonchev–Trinajstić information content (AvgIpc) is 2.27. The molecule has 1 aromatic rings. The number of benzene rings is 1. The molecule has 0 spiro atoms. The standard InChI is InChI=1S/C12H15Cl2NO2/c1-3-7(4-2)12(17)15-8-5-9(13)11(16)10(14)6-8/h5-7,16H,3-4H2,1-2H3,(H,15,17). The number of nitrogens with one attached hydrogen (secondary N) is 1. The van der Waals surface area contributed by atoms with Crippen LogP contribution in [0.3, 0.4) is 0 Å². The van der Waals surface area contributed by atoms with Gasteiger partial charge in [-0.05, 0) is 25.0 Å². The van der Waals surface area contributed by atoms with Gasteiger partial charge in [-0.25, -0.2) is 0 Å². The van der Waals surface area contributed by atoms with Crippen molar-refractivity contribution < 1.29 is 9.90 Å². The van der Waals surface area contributed by atoms with Gasteiger partial charge in [0.2, 0.25) is 5.91 Å². The number of phenols is 1. The van der Waals surface area contributed by atoms with Crippen LogP contribution in [0, 0.1) is 5.92 Å². The number of phenolic OH excluding ortho intramolecular Hbond substituents is 1. The molecule has 0 saturated carbocycles. The lowest BCUT2D eigenvalue weighted by atomic mass is 10.0. The summed E-state index contributed by atoms with van der Waals surface area (Å²) in [5.74, 6) is -0.261. The second-order valence-electron chi connectivity index (χ2n) is 3.79. The van der Waals surface area contributed by atoms with E-state index < -0.39 is 0 Å². The molecule has 0 unspecified atom stereocenters. The molecule has 1 rings (SSSR count). The molecule has 0 aliphatic rings.